The molecular formula is C15H25N3. The van der Waals surface area contributed by atoms with Crippen molar-refractivity contribution < 1.29 is 0 Å². The first-order valence-corrected chi connectivity index (χ1v) is 7.11. The fourth-order valence-electron chi connectivity index (χ4n) is 2.58. The summed E-state index contributed by atoms with van der Waals surface area (Å²) in [7, 11) is 0. The van der Waals surface area contributed by atoms with Gasteiger partial charge in [-0.15, -0.1) is 0 Å². The van der Waals surface area contributed by atoms with Gasteiger partial charge in [0.25, 0.3) is 0 Å². The normalized spacial score (nSPS) is 19.8. The van der Waals surface area contributed by atoms with Gasteiger partial charge in [-0.1, -0.05) is 20.8 Å². The summed E-state index contributed by atoms with van der Waals surface area (Å²) in [6.07, 6.45) is 3.26. The van der Waals surface area contributed by atoms with Crippen molar-refractivity contribution in [3.8, 4) is 0 Å². The third-order valence-electron chi connectivity index (χ3n) is 3.89. The lowest BCUT2D eigenvalue weighted by Gasteiger charge is -2.20. The summed E-state index contributed by atoms with van der Waals surface area (Å²) in [5, 5.41) is 3.33. The second-order valence-electron chi connectivity index (χ2n) is 5.52. The minimum atomic E-state index is 0.790. The summed E-state index contributed by atoms with van der Waals surface area (Å²) in [4.78, 5) is 6.92. The lowest BCUT2D eigenvalue weighted by Crippen LogP contribution is -2.21. The van der Waals surface area contributed by atoms with Crippen LogP contribution in [0.2, 0.25) is 0 Å². The van der Waals surface area contributed by atoms with Crippen LogP contribution in [0.1, 0.15) is 32.9 Å². The van der Waals surface area contributed by atoms with E-state index in [9.17, 15) is 0 Å². The Morgan fingerprint density at radius 3 is 3.00 bits per heavy atom. The van der Waals surface area contributed by atoms with Crippen LogP contribution in [0.3, 0.4) is 0 Å². The second-order valence-corrected chi connectivity index (χ2v) is 5.52. The van der Waals surface area contributed by atoms with Gasteiger partial charge in [-0.05, 0) is 36.9 Å². The van der Waals surface area contributed by atoms with Gasteiger partial charge in [-0.3, -0.25) is 4.98 Å². The van der Waals surface area contributed by atoms with Gasteiger partial charge in [0.2, 0.25) is 0 Å². The number of anilines is 1. The minimum absolute atomic E-state index is 0.790. The third-order valence-corrected chi connectivity index (χ3v) is 3.89. The number of hydrogen-bond acceptors (Lipinski definition) is 3. The molecule has 1 atom stereocenters. The Morgan fingerprint density at radius 2 is 2.33 bits per heavy atom. The maximum absolute atomic E-state index is 4.41. The fraction of sp³-hybridized carbons (Fsp3) is 0.667. The van der Waals surface area contributed by atoms with Gasteiger partial charge in [0.15, 0.2) is 0 Å². The van der Waals surface area contributed by atoms with E-state index in [2.05, 4.69) is 48.1 Å². The van der Waals surface area contributed by atoms with E-state index in [1.807, 2.05) is 6.20 Å². The Morgan fingerprint density at radius 1 is 1.50 bits per heavy atom. The zero-order valence-electron chi connectivity index (χ0n) is 11.8. The smallest absolute Gasteiger partial charge is 0.0562 e. The summed E-state index contributed by atoms with van der Waals surface area (Å²) in [6.45, 7) is 11.0. The number of nitrogens with zero attached hydrogens (tertiary/aromatic N) is 2. The lowest BCUT2D eigenvalue weighted by atomic mass is 9.95. The lowest BCUT2D eigenvalue weighted by molar-refractivity contribution is 0.423. The number of hydrogen-bond donors (Lipinski definition) is 1. The molecule has 2 heterocycles. The molecule has 100 valence electrons. The first kappa shape index (κ1) is 13.3. The number of rotatable bonds is 5. The first-order chi connectivity index (χ1) is 8.70. The van der Waals surface area contributed by atoms with Crippen molar-refractivity contribution in [3.63, 3.8) is 0 Å². The quantitative estimate of drug-likeness (QED) is 0.867. The molecule has 18 heavy (non-hydrogen) atoms. The van der Waals surface area contributed by atoms with Crippen molar-refractivity contribution in [2.24, 2.45) is 11.8 Å². The van der Waals surface area contributed by atoms with Crippen molar-refractivity contribution >= 4 is 5.69 Å². The molecule has 0 spiro atoms. The zero-order chi connectivity index (χ0) is 13.0. The van der Waals surface area contributed by atoms with Gasteiger partial charge >= 0.3 is 0 Å². The fourth-order valence-corrected chi connectivity index (χ4v) is 2.58. The topological polar surface area (TPSA) is 28.2 Å². The van der Waals surface area contributed by atoms with E-state index in [1.165, 1.54) is 25.2 Å². The highest BCUT2D eigenvalue weighted by atomic mass is 15.2. The van der Waals surface area contributed by atoms with Gasteiger partial charge in [0, 0.05) is 31.5 Å². The molecule has 2 rings (SSSR count). The number of nitrogens with one attached hydrogen (secondary N) is 1. The first-order valence-electron chi connectivity index (χ1n) is 7.11. The Hall–Kier alpha value is -1.09. The van der Waals surface area contributed by atoms with Crippen LogP contribution >= 0.6 is 0 Å². The van der Waals surface area contributed by atoms with E-state index >= 15 is 0 Å². The Labute approximate surface area is 111 Å². The minimum Gasteiger partial charge on any atom is -0.371 e. The van der Waals surface area contributed by atoms with Crippen molar-refractivity contribution in [2.45, 2.75) is 33.7 Å². The average molecular weight is 247 g/mol. The van der Waals surface area contributed by atoms with E-state index in [4.69, 9.17) is 0 Å². The van der Waals surface area contributed by atoms with Crippen molar-refractivity contribution in [3.05, 3.63) is 24.0 Å². The highest BCUT2D eigenvalue weighted by molar-refractivity contribution is 5.47. The monoisotopic (exact) mass is 247 g/mol. The molecule has 0 saturated carbocycles. The van der Waals surface area contributed by atoms with Gasteiger partial charge in [-0.25, -0.2) is 0 Å². The van der Waals surface area contributed by atoms with Gasteiger partial charge in [0.05, 0.1) is 5.69 Å². The number of pyridine rings is 1. The standard InChI is InChI=1S/C15H25N3/c1-4-16-10-14-9-15(5-7-17-14)18-8-6-13(11-18)12(2)3/h5,7,9,12-13,16H,4,6,8,10-11H2,1-3H3. The molecule has 1 aromatic rings. The molecule has 1 aliphatic heterocycles. The van der Waals surface area contributed by atoms with Crippen LogP contribution in [0.25, 0.3) is 0 Å². The maximum atomic E-state index is 4.41. The molecule has 1 N–H and O–H groups in total. The van der Waals surface area contributed by atoms with Crippen molar-refractivity contribution in [1.82, 2.24) is 10.3 Å². The van der Waals surface area contributed by atoms with Crippen LogP contribution in [0.4, 0.5) is 5.69 Å². The Kier molecular flexibility index (Phi) is 4.59. The summed E-state index contributed by atoms with van der Waals surface area (Å²) in [5.74, 6) is 1.63. The molecule has 1 saturated heterocycles. The Bertz CT molecular complexity index is 376. The molecule has 1 unspecified atom stereocenters. The molecule has 1 aliphatic rings. The Balaban J connectivity index is 2.01. The molecule has 3 nitrogen and oxygen atoms in total. The van der Waals surface area contributed by atoms with Crippen LogP contribution in [-0.2, 0) is 6.54 Å². The van der Waals surface area contributed by atoms with Crippen molar-refractivity contribution in [2.75, 3.05) is 24.5 Å². The third kappa shape index (κ3) is 3.22. The van der Waals surface area contributed by atoms with E-state index in [0.717, 1.165) is 30.6 Å². The predicted octanol–water partition coefficient (Wildman–Crippen LogP) is 2.67. The van der Waals surface area contributed by atoms with Crippen LogP contribution in [0.15, 0.2) is 18.3 Å². The van der Waals surface area contributed by atoms with Gasteiger partial charge in [-0.2, -0.15) is 0 Å². The molecular weight excluding hydrogens is 222 g/mol. The molecule has 0 amide bonds. The zero-order valence-corrected chi connectivity index (χ0v) is 11.8. The van der Waals surface area contributed by atoms with E-state index in [0.29, 0.717) is 0 Å². The number of aromatic nitrogens is 1. The largest absolute Gasteiger partial charge is 0.371 e. The van der Waals surface area contributed by atoms with E-state index in [1.54, 1.807) is 0 Å². The van der Waals surface area contributed by atoms with Crippen LogP contribution in [-0.4, -0.2) is 24.6 Å². The summed E-state index contributed by atoms with van der Waals surface area (Å²) >= 11 is 0. The molecule has 0 aliphatic carbocycles. The molecule has 1 aromatic heterocycles. The highest BCUT2D eigenvalue weighted by Crippen LogP contribution is 2.28. The van der Waals surface area contributed by atoms with Gasteiger partial charge in [0.1, 0.15) is 0 Å². The van der Waals surface area contributed by atoms with Crippen LogP contribution in [0, 0.1) is 11.8 Å². The molecule has 0 bridgehead atoms. The van der Waals surface area contributed by atoms with Gasteiger partial charge < -0.3 is 10.2 Å². The molecule has 3 heteroatoms. The average Bonchev–Trinajstić information content (AvgIpc) is 2.86. The molecule has 1 fully saturated rings. The molecule has 0 radical (unpaired) electrons. The van der Waals surface area contributed by atoms with Crippen LogP contribution < -0.4 is 10.2 Å². The van der Waals surface area contributed by atoms with Crippen LogP contribution in [0.5, 0.6) is 0 Å². The van der Waals surface area contributed by atoms with Crippen molar-refractivity contribution in [1.29, 1.82) is 0 Å². The van der Waals surface area contributed by atoms with E-state index in [-0.39, 0.29) is 0 Å². The molecule has 0 aromatic carbocycles. The summed E-state index contributed by atoms with van der Waals surface area (Å²) in [5.41, 5.74) is 2.48. The highest BCUT2D eigenvalue weighted by Gasteiger charge is 2.24. The SMILES string of the molecule is CCNCc1cc(N2CCC(C(C)C)C2)ccn1. The predicted molar refractivity (Wildman–Crippen MR) is 76.8 cm³/mol. The summed E-state index contributed by atoms with van der Waals surface area (Å²) < 4.78 is 0. The second kappa shape index (κ2) is 6.19. The van der Waals surface area contributed by atoms with E-state index < -0.39 is 0 Å². The maximum Gasteiger partial charge on any atom is 0.0562 e. The summed E-state index contributed by atoms with van der Waals surface area (Å²) in [6, 6.07) is 4.36.